The van der Waals surface area contributed by atoms with E-state index in [1.807, 2.05) is 41.3 Å². The maximum Gasteiger partial charge on any atom is 0.335 e. The number of rotatable bonds is 4. The second kappa shape index (κ2) is 7.23. The van der Waals surface area contributed by atoms with Gasteiger partial charge >= 0.3 is 11.9 Å². The Morgan fingerprint density at radius 2 is 1.55 bits per heavy atom. The predicted octanol–water partition coefficient (Wildman–Crippen LogP) is 3.70. The Balaban J connectivity index is 1.45. The van der Waals surface area contributed by atoms with E-state index in [9.17, 15) is 14.4 Å². The average molecular weight is 415 g/mol. The van der Waals surface area contributed by atoms with Crippen LogP contribution >= 0.6 is 0 Å². The number of carbonyl (C=O) groups is 3. The van der Waals surface area contributed by atoms with Crippen LogP contribution < -0.4 is 0 Å². The van der Waals surface area contributed by atoms with Crippen molar-refractivity contribution >= 4 is 28.6 Å². The number of amides is 1. The number of piperidine rings is 1. The molecule has 1 saturated heterocycles. The van der Waals surface area contributed by atoms with E-state index in [1.54, 1.807) is 24.3 Å². The van der Waals surface area contributed by atoms with Crippen LogP contribution in [0.5, 0.6) is 0 Å². The Morgan fingerprint density at radius 1 is 0.903 bits per heavy atom. The maximum atomic E-state index is 13.3. The lowest BCUT2D eigenvalue weighted by Crippen LogP contribution is -2.32. The number of carboxylic acid groups (broad SMARTS) is 1. The number of hydrogen-bond donors (Lipinski definition) is 1. The molecule has 1 aliphatic heterocycles. The molecule has 1 heterocycles. The molecule has 1 aliphatic carbocycles. The SMILES string of the molecule is COC(=O)C1[C@H]2CN(C(=O)c3cccc4c(-c5ccc(C(=O)O)cc5)cccc34)C[C@@H]12. The molecule has 0 bridgehead atoms. The summed E-state index contributed by atoms with van der Waals surface area (Å²) in [4.78, 5) is 38.0. The number of hydrogen-bond acceptors (Lipinski definition) is 4. The number of nitrogens with zero attached hydrogens (tertiary/aromatic N) is 1. The van der Waals surface area contributed by atoms with Gasteiger partial charge < -0.3 is 14.7 Å². The number of carboxylic acids is 1. The van der Waals surface area contributed by atoms with Gasteiger partial charge in [0.15, 0.2) is 0 Å². The molecule has 2 aliphatic rings. The van der Waals surface area contributed by atoms with Gasteiger partial charge in [0.1, 0.15) is 0 Å². The lowest BCUT2D eigenvalue weighted by atomic mass is 9.94. The van der Waals surface area contributed by atoms with E-state index in [4.69, 9.17) is 9.84 Å². The third kappa shape index (κ3) is 3.15. The first kappa shape index (κ1) is 19.3. The van der Waals surface area contributed by atoms with Gasteiger partial charge in [-0.05, 0) is 51.9 Å². The Kier molecular flexibility index (Phi) is 4.50. The van der Waals surface area contributed by atoms with Gasteiger partial charge in [-0.2, -0.15) is 0 Å². The van der Waals surface area contributed by atoms with Crippen LogP contribution in [0.2, 0.25) is 0 Å². The van der Waals surface area contributed by atoms with E-state index in [0.717, 1.165) is 21.9 Å². The Morgan fingerprint density at radius 3 is 2.19 bits per heavy atom. The van der Waals surface area contributed by atoms with E-state index in [-0.39, 0.29) is 35.2 Å². The van der Waals surface area contributed by atoms with Crippen molar-refractivity contribution in [1.29, 1.82) is 0 Å². The molecule has 1 saturated carbocycles. The van der Waals surface area contributed by atoms with Crippen LogP contribution in [-0.2, 0) is 9.53 Å². The number of ether oxygens (including phenoxy) is 1. The first-order valence-corrected chi connectivity index (χ1v) is 10.2. The minimum Gasteiger partial charge on any atom is -0.478 e. The smallest absolute Gasteiger partial charge is 0.335 e. The van der Waals surface area contributed by atoms with E-state index in [2.05, 4.69) is 0 Å². The van der Waals surface area contributed by atoms with Crippen molar-refractivity contribution in [1.82, 2.24) is 4.90 Å². The molecule has 3 aromatic carbocycles. The maximum absolute atomic E-state index is 13.3. The molecule has 6 nitrogen and oxygen atoms in total. The van der Waals surface area contributed by atoms with E-state index >= 15 is 0 Å². The standard InChI is InChI=1S/C25H21NO5/c1-31-25(30)22-20-12-26(13-21(20)22)23(27)19-7-3-5-17-16(4-2-6-18(17)19)14-8-10-15(11-9-14)24(28)29/h2-11,20-22H,12-13H2,1H3,(H,28,29)/t20-,21+,22?. The first-order chi connectivity index (χ1) is 15.0. The fourth-order valence-corrected chi connectivity index (χ4v) is 4.89. The molecule has 0 spiro atoms. The van der Waals surface area contributed by atoms with Gasteiger partial charge in [-0.15, -0.1) is 0 Å². The van der Waals surface area contributed by atoms with E-state index < -0.39 is 5.97 Å². The number of likely N-dealkylation sites (tertiary alicyclic amines) is 1. The molecule has 1 amide bonds. The number of benzene rings is 3. The normalized spacial score (nSPS) is 21.6. The molecule has 3 atom stereocenters. The highest BCUT2D eigenvalue weighted by atomic mass is 16.5. The summed E-state index contributed by atoms with van der Waals surface area (Å²) in [6.07, 6.45) is 0. The van der Waals surface area contributed by atoms with Crippen molar-refractivity contribution < 1.29 is 24.2 Å². The van der Waals surface area contributed by atoms with Crippen molar-refractivity contribution in [3.05, 3.63) is 71.8 Å². The summed E-state index contributed by atoms with van der Waals surface area (Å²) in [5.41, 5.74) is 2.71. The van der Waals surface area contributed by atoms with Crippen molar-refractivity contribution in [3.63, 3.8) is 0 Å². The minimum absolute atomic E-state index is 0.0280. The molecule has 6 heteroatoms. The molecule has 31 heavy (non-hydrogen) atoms. The van der Waals surface area contributed by atoms with Gasteiger partial charge in [0, 0.05) is 18.7 Å². The largest absolute Gasteiger partial charge is 0.478 e. The van der Waals surface area contributed by atoms with Crippen LogP contribution in [0.4, 0.5) is 0 Å². The second-order valence-electron chi connectivity index (χ2n) is 8.18. The predicted molar refractivity (Wildman–Crippen MR) is 115 cm³/mol. The summed E-state index contributed by atoms with van der Waals surface area (Å²) in [7, 11) is 1.40. The fourth-order valence-electron chi connectivity index (χ4n) is 4.89. The zero-order valence-corrected chi connectivity index (χ0v) is 16.9. The number of methoxy groups -OCH3 is 1. The monoisotopic (exact) mass is 415 g/mol. The molecule has 3 aromatic rings. The second-order valence-corrected chi connectivity index (χ2v) is 8.18. The zero-order chi connectivity index (χ0) is 21.7. The summed E-state index contributed by atoms with van der Waals surface area (Å²) in [5, 5.41) is 10.9. The van der Waals surface area contributed by atoms with Crippen LogP contribution in [0.3, 0.4) is 0 Å². The first-order valence-electron chi connectivity index (χ1n) is 10.2. The quantitative estimate of drug-likeness (QED) is 0.657. The Bertz CT molecular complexity index is 1200. The van der Waals surface area contributed by atoms with Gasteiger partial charge in [-0.25, -0.2) is 4.79 Å². The summed E-state index contributed by atoms with van der Waals surface area (Å²) in [6, 6.07) is 18.2. The van der Waals surface area contributed by atoms with Crippen LogP contribution in [0, 0.1) is 17.8 Å². The molecule has 2 fully saturated rings. The van der Waals surface area contributed by atoms with Crippen molar-refractivity contribution in [2.24, 2.45) is 17.8 Å². The lowest BCUT2D eigenvalue weighted by molar-refractivity contribution is -0.143. The zero-order valence-electron chi connectivity index (χ0n) is 16.9. The molecule has 1 unspecified atom stereocenters. The Labute approximate surface area is 179 Å². The topological polar surface area (TPSA) is 83.9 Å². The van der Waals surface area contributed by atoms with Gasteiger partial charge in [-0.1, -0.05) is 42.5 Å². The average Bonchev–Trinajstić information content (AvgIpc) is 3.30. The van der Waals surface area contributed by atoms with Crippen LogP contribution in [0.25, 0.3) is 21.9 Å². The molecule has 0 aromatic heterocycles. The summed E-state index contributed by atoms with van der Waals surface area (Å²) >= 11 is 0. The molecule has 0 radical (unpaired) electrons. The van der Waals surface area contributed by atoms with Gasteiger partial charge in [0.05, 0.1) is 18.6 Å². The third-order valence-corrected chi connectivity index (χ3v) is 6.55. The van der Waals surface area contributed by atoms with Crippen LogP contribution in [0.1, 0.15) is 20.7 Å². The van der Waals surface area contributed by atoms with Gasteiger partial charge in [0.25, 0.3) is 5.91 Å². The Hall–Kier alpha value is -3.67. The highest BCUT2D eigenvalue weighted by Gasteiger charge is 2.61. The minimum atomic E-state index is -0.963. The van der Waals surface area contributed by atoms with Gasteiger partial charge in [0.2, 0.25) is 0 Å². The van der Waals surface area contributed by atoms with Crippen molar-refractivity contribution in [3.8, 4) is 11.1 Å². The molecule has 156 valence electrons. The van der Waals surface area contributed by atoms with E-state index in [1.165, 1.54) is 7.11 Å². The van der Waals surface area contributed by atoms with Crippen molar-refractivity contribution in [2.45, 2.75) is 0 Å². The number of aromatic carboxylic acids is 1. The molecular weight excluding hydrogens is 394 g/mol. The highest BCUT2D eigenvalue weighted by Crippen LogP contribution is 2.52. The van der Waals surface area contributed by atoms with Crippen molar-refractivity contribution in [2.75, 3.05) is 20.2 Å². The number of esters is 1. The fraction of sp³-hybridized carbons (Fsp3) is 0.240. The number of carbonyl (C=O) groups excluding carboxylic acids is 2. The molecular formula is C25H21NO5. The van der Waals surface area contributed by atoms with E-state index in [0.29, 0.717) is 18.7 Å². The van der Waals surface area contributed by atoms with Gasteiger partial charge in [-0.3, -0.25) is 9.59 Å². The number of fused-ring (bicyclic) bond motifs is 2. The van der Waals surface area contributed by atoms with Crippen LogP contribution in [-0.4, -0.2) is 48.1 Å². The summed E-state index contributed by atoms with van der Waals surface area (Å²) in [6.45, 7) is 1.16. The van der Waals surface area contributed by atoms with Crippen LogP contribution in [0.15, 0.2) is 60.7 Å². The summed E-state index contributed by atoms with van der Waals surface area (Å²) < 4.78 is 4.85. The highest BCUT2D eigenvalue weighted by molar-refractivity contribution is 6.10. The molecule has 5 rings (SSSR count). The third-order valence-electron chi connectivity index (χ3n) is 6.55. The lowest BCUT2D eigenvalue weighted by Gasteiger charge is -2.21. The molecule has 1 N–H and O–H groups in total. The summed E-state index contributed by atoms with van der Waals surface area (Å²) in [5.74, 6) is -0.826.